The molecule has 0 aromatic heterocycles. The van der Waals surface area contributed by atoms with Crippen molar-refractivity contribution in [3.8, 4) is 0 Å². The SMILES string of the molecule is O=S([O-])CCc1cccc(F)c1.[Na+]. The van der Waals surface area contributed by atoms with Gasteiger partial charge in [-0.15, -0.1) is 0 Å². The summed E-state index contributed by atoms with van der Waals surface area (Å²) >= 11 is -2.05. The molecule has 0 fully saturated rings. The quantitative estimate of drug-likeness (QED) is 0.438. The molecule has 0 bridgehead atoms. The molecule has 0 heterocycles. The number of halogens is 1. The molecular formula is C8H8FNaO2S. The fourth-order valence-corrected chi connectivity index (χ4v) is 1.30. The number of hydrogen-bond donors (Lipinski definition) is 0. The van der Waals surface area contributed by atoms with Crippen molar-refractivity contribution in [1.29, 1.82) is 0 Å². The van der Waals surface area contributed by atoms with E-state index >= 15 is 0 Å². The Labute approximate surface area is 101 Å². The molecule has 0 saturated heterocycles. The average Bonchev–Trinajstić information content (AvgIpc) is 2.01. The van der Waals surface area contributed by atoms with Gasteiger partial charge in [0.25, 0.3) is 0 Å². The van der Waals surface area contributed by atoms with Crippen molar-refractivity contribution in [3.05, 3.63) is 35.6 Å². The molecule has 1 aromatic carbocycles. The van der Waals surface area contributed by atoms with Gasteiger partial charge in [-0.05, 0) is 24.1 Å². The minimum Gasteiger partial charge on any atom is -0.772 e. The molecule has 0 aliphatic rings. The Balaban J connectivity index is 0.00000144. The van der Waals surface area contributed by atoms with Crippen LogP contribution in [0.5, 0.6) is 0 Å². The predicted molar refractivity (Wildman–Crippen MR) is 43.9 cm³/mol. The van der Waals surface area contributed by atoms with Crippen LogP contribution in [0.4, 0.5) is 4.39 Å². The zero-order valence-corrected chi connectivity index (χ0v) is 10.1. The number of rotatable bonds is 3. The van der Waals surface area contributed by atoms with E-state index < -0.39 is 11.1 Å². The Morgan fingerprint density at radius 3 is 2.69 bits per heavy atom. The van der Waals surface area contributed by atoms with Crippen molar-refractivity contribution in [2.75, 3.05) is 5.75 Å². The molecule has 0 amide bonds. The summed E-state index contributed by atoms with van der Waals surface area (Å²) < 4.78 is 32.9. The molecule has 1 unspecified atom stereocenters. The van der Waals surface area contributed by atoms with Crippen LogP contribution in [-0.2, 0) is 17.5 Å². The monoisotopic (exact) mass is 210 g/mol. The maximum Gasteiger partial charge on any atom is 1.00 e. The fourth-order valence-electron chi connectivity index (χ4n) is 0.894. The zero-order chi connectivity index (χ0) is 8.97. The maximum absolute atomic E-state index is 12.5. The second kappa shape index (κ2) is 6.68. The molecule has 0 N–H and O–H groups in total. The van der Waals surface area contributed by atoms with Crippen LogP contribution in [0.15, 0.2) is 24.3 Å². The standard InChI is InChI=1S/C8H9FO2S.Na/c9-8-3-1-2-7(6-8)4-5-12(10)11;/h1-3,6H,4-5H2,(H,10,11);/q;+1/p-1. The molecule has 0 aliphatic carbocycles. The Bertz CT molecular complexity index is 293. The molecule has 1 rings (SSSR count). The molecule has 1 atom stereocenters. The van der Waals surface area contributed by atoms with E-state index in [0.717, 1.165) is 0 Å². The second-order valence-electron chi connectivity index (χ2n) is 2.39. The number of aryl methyl sites for hydroxylation is 1. The van der Waals surface area contributed by atoms with Gasteiger partial charge < -0.3 is 4.55 Å². The molecule has 13 heavy (non-hydrogen) atoms. The van der Waals surface area contributed by atoms with Crippen LogP contribution in [0.1, 0.15) is 5.56 Å². The van der Waals surface area contributed by atoms with Crippen LogP contribution >= 0.6 is 0 Å². The van der Waals surface area contributed by atoms with Crippen LogP contribution in [0.3, 0.4) is 0 Å². The van der Waals surface area contributed by atoms with Gasteiger partial charge in [0.1, 0.15) is 5.82 Å². The minimum atomic E-state index is -2.05. The van der Waals surface area contributed by atoms with E-state index in [0.29, 0.717) is 12.0 Å². The molecule has 0 saturated carbocycles. The van der Waals surface area contributed by atoms with Gasteiger partial charge in [0, 0.05) is 5.75 Å². The van der Waals surface area contributed by atoms with Crippen LogP contribution in [0, 0.1) is 5.82 Å². The van der Waals surface area contributed by atoms with Gasteiger partial charge in [-0.1, -0.05) is 23.2 Å². The Hall–Kier alpha value is 0.260. The Morgan fingerprint density at radius 2 is 2.15 bits per heavy atom. The normalized spacial score (nSPS) is 11.8. The van der Waals surface area contributed by atoms with Gasteiger partial charge in [0.05, 0.1) is 0 Å². The van der Waals surface area contributed by atoms with Crippen molar-refractivity contribution >= 4 is 11.1 Å². The van der Waals surface area contributed by atoms with E-state index in [2.05, 4.69) is 0 Å². The average molecular weight is 210 g/mol. The summed E-state index contributed by atoms with van der Waals surface area (Å²) in [6, 6.07) is 5.94. The largest absolute Gasteiger partial charge is 1.00 e. The first-order chi connectivity index (χ1) is 5.68. The van der Waals surface area contributed by atoms with Crippen molar-refractivity contribution in [2.45, 2.75) is 6.42 Å². The van der Waals surface area contributed by atoms with Gasteiger partial charge in [-0.2, -0.15) is 0 Å². The summed E-state index contributed by atoms with van der Waals surface area (Å²) in [5.74, 6) is -0.284. The zero-order valence-electron chi connectivity index (χ0n) is 7.33. The summed E-state index contributed by atoms with van der Waals surface area (Å²) in [5.41, 5.74) is 0.708. The summed E-state index contributed by atoms with van der Waals surface area (Å²) in [6.45, 7) is 0. The first-order valence-corrected chi connectivity index (χ1v) is 4.73. The minimum absolute atomic E-state index is 0. The summed E-state index contributed by atoms with van der Waals surface area (Å²) in [4.78, 5) is 0. The van der Waals surface area contributed by atoms with Crippen molar-refractivity contribution in [3.63, 3.8) is 0 Å². The van der Waals surface area contributed by atoms with Crippen LogP contribution in [0.25, 0.3) is 0 Å². The van der Waals surface area contributed by atoms with Crippen molar-refractivity contribution in [1.82, 2.24) is 0 Å². The molecule has 0 aliphatic heterocycles. The Morgan fingerprint density at radius 1 is 1.46 bits per heavy atom. The van der Waals surface area contributed by atoms with Crippen LogP contribution < -0.4 is 29.6 Å². The van der Waals surface area contributed by atoms with Gasteiger partial charge >= 0.3 is 29.6 Å². The van der Waals surface area contributed by atoms with Gasteiger partial charge in [0.15, 0.2) is 0 Å². The first-order valence-electron chi connectivity index (χ1n) is 3.49. The van der Waals surface area contributed by atoms with E-state index in [1.165, 1.54) is 12.1 Å². The first kappa shape index (κ1) is 13.3. The molecule has 2 nitrogen and oxygen atoms in total. The molecule has 0 radical (unpaired) electrons. The van der Waals surface area contributed by atoms with Gasteiger partial charge in [-0.3, -0.25) is 4.21 Å². The van der Waals surface area contributed by atoms with E-state index in [1.54, 1.807) is 12.1 Å². The molecule has 1 aromatic rings. The van der Waals surface area contributed by atoms with E-state index in [1.807, 2.05) is 0 Å². The van der Waals surface area contributed by atoms with E-state index in [4.69, 9.17) is 0 Å². The predicted octanol–water partition coefficient (Wildman–Crippen LogP) is -1.75. The smallest absolute Gasteiger partial charge is 0.772 e. The third-order valence-corrected chi connectivity index (χ3v) is 1.98. The van der Waals surface area contributed by atoms with E-state index in [-0.39, 0.29) is 41.1 Å². The molecule has 66 valence electrons. The van der Waals surface area contributed by atoms with Crippen LogP contribution in [0.2, 0.25) is 0 Å². The Kier molecular flexibility index (Phi) is 6.81. The van der Waals surface area contributed by atoms with Crippen molar-refractivity contribution in [2.24, 2.45) is 0 Å². The number of benzene rings is 1. The van der Waals surface area contributed by atoms with Crippen molar-refractivity contribution < 1.29 is 42.7 Å². The number of hydrogen-bond acceptors (Lipinski definition) is 2. The molecule has 0 spiro atoms. The van der Waals surface area contributed by atoms with Crippen LogP contribution in [-0.4, -0.2) is 14.5 Å². The summed E-state index contributed by atoms with van der Waals surface area (Å²) in [6.07, 6.45) is 0.369. The molecular weight excluding hydrogens is 202 g/mol. The summed E-state index contributed by atoms with van der Waals surface area (Å²) in [5, 5.41) is 0. The third kappa shape index (κ3) is 5.54. The van der Waals surface area contributed by atoms with Gasteiger partial charge in [-0.25, -0.2) is 4.39 Å². The third-order valence-electron chi connectivity index (χ3n) is 1.45. The molecule has 5 heteroatoms. The second-order valence-corrected chi connectivity index (χ2v) is 3.40. The van der Waals surface area contributed by atoms with E-state index in [9.17, 15) is 13.2 Å². The maximum atomic E-state index is 12.5. The van der Waals surface area contributed by atoms with Gasteiger partial charge in [0.2, 0.25) is 0 Å². The fraction of sp³-hybridized carbons (Fsp3) is 0.250. The topological polar surface area (TPSA) is 40.1 Å². The summed E-state index contributed by atoms with van der Waals surface area (Å²) in [7, 11) is 0.